The standard InChI is InChI=1S/C23H22NO3S/c1-2-10-20(18-27-22-13-5-3-6-14-22)19-11-9-12-21(17-19)24-28(25,26)23-15-7-4-8-16-23/h2-9,11-13,15-17,20,24H,1,10,18H2. The molecule has 1 unspecified atom stereocenters. The molecule has 0 spiro atoms. The monoisotopic (exact) mass is 392 g/mol. The Bertz CT molecular complexity index is 1000. The number of benzene rings is 3. The van der Waals surface area contributed by atoms with Crippen molar-refractivity contribution in [2.24, 2.45) is 0 Å². The van der Waals surface area contributed by atoms with Crippen molar-refractivity contribution in [1.82, 2.24) is 0 Å². The number of anilines is 1. The number of allylic oxidation sites excluding steroid dienone is 1. The highest BCUT2D eigenvalue weighted by atomic mass is 32.2. The SMILES string of the molecule is C=CCC(COc1[c]cccc1)c1cccc(NS(=O)(=O)c2ccccc2)c1. The molecule has 0 fully saturated rings. The molecule has 0 bridgehead atoms. The summed E-state index contributed by atoms with van der Waals surface area (Å²) in [7, 11) is -3.63. The predicted octanol–water partition coefficient (Wildman–Crippen LogP) is 5.03. The van der Waals surface area contributed by atoms with Crippen molar-refractivity contribution >= 4 is 15.7 Å². The zero-order valence-electron chi connectivity index (χ0n) is 15.4. The second kappa shape index (κ2) is 9.24. The smallest absolute Gasteiger partial charge is 0.261 e. The van der Waals surface area contributed by atoms with Gasteiger partial charge in [0, 0.05) is 17.7 Å². The van der Waals surface area contributed by atoms with Crippen LogP contribution in [0.15, 0.2) is 96.4 Å². The van der Waals surface area contributed by atoms with Crippen LogP contribution in [0.25, 0.3) is 0 Å². The van der Waals surface area contributed by atoms with Crippen LogP contribution in [0.5, 0.6) is 5.75 Å². The predicted molar refractivity (Wildman–Crippen MR) is 112 cm³/mol. The Balaban J connectivity index is 1.77. The molecule has 0 heterocycles. The molecule has 143 valence electrons. The molecule has 0 amide bonds. The van der Waals surface area contributed by atoms with Gasteiger partial charge in [0.25, 0.3) is 10.0 Å². The Morgan fingerprint density at radius 1 is 1.04 bits per heavy atom. The minimum Gasteiger partial charge on any atom is -0.492 e. The fourth-order valence-corrected chi connectivity index (χ4v) is 3.90. The van der Waals surface area contributed by atoms with E-state index in [0.717, 1.165) is 5.56 Å². The van der Waals surface area contributed by atoms with E-state index in [0.29, 0.717) is 24.5 Å². The van der Waals surface area contributed by atoms with Crippen LogP contribution >= 0.6 is 0 Å². The van der Waals surface area contributed by atoms with Crippen molar-refractivity contribution in [3.05, 3.63) is 103 Å². The molecule has 3 rings (SSSR count). The van der Waals surface area contributed by atoms with Gasteiger partial charge in [-0.2, -0.15) is 0 Å². The van der Waals surface area contributed by atoms with E-state index in [4.69, 9.17) is 4.74 Å². The zero-order chi connectivity index (χ0) is 19.8. The molecule has 1 radical (unpaired) electrons. The van der Waals surface area contributed by atoms with E-state index in [9.17, 15) is 8.42 Å². The quantitative estimate of drug-likeness (QED) is 0.520. The summed E-state index contributed by atoms with van der Waals surface area (Å²) in [6.45, 7) is 4.27. The zero-order valence-corrected chi connectivity index (χ0v) is 16.2. The summed E-state index contributed by atoms with van der Waals surface area (Å²) in [5.41, 5.74) is 1.49. The van der Waals surface area contributed by atoms with E-state index < -0.39 is 10.0 Å². The summed E-state index contributed by atoms with van der Waals surface area (Å²) in [5, 5.41) is 0. The van der Waals surface area contributed by atoms with Gasteiger partial charge in [0.2, 0.25) is 0 Å². The number of hydrogen-bond acceptors (Lipinski definition) is 3. The molecule has 0 aliphatic heterocycles. The molecule has 1 atom stereocenters. The normalized spacial score (nSPS) is 12.1. The summed E-state index contributed by atoms with van der Waals surface area (Å²) in [4.78, 5) is 0.228. The van der Waals surface area contributed by atoms with Crippen LogP contribution in [0.3, 0.4) is 0 Å². The summed E-state index contributed by atoms with van der Waals surface area (Å²) < 4.78 is 33.6. The lowest BCUT2D eigenvalue weighted by Gasteiger charge is -2.18. The highest BCUT2D eigenvalue weighted by molar-refractivity contribution is 7.92. The van der Waals surface area contributed by atoms with Gasteiger partial charge in [-0.25, -0.2) is 8.42 Å². The molecule has 1 N–H and O–H groups in total. The van der Waals surface area contributed by atoms with Gasteiger partial charge in [-0.15, -0.1) is 6.58 Å². The van der Waals surface area contributed by atoms with Gasteiger partial charge in [0.15, 0.2) is 0 Å². The summed E-state index contributed by atoms with van der Waals surface area (Å²) in [6, 6.07) is 26.2. The lowest BCUT2D eigenvalue weighted by Crippen LogP contribution is -2.14. The van der Waals surface area contributed by atoms with Crippen molar-refractivity contribution in [2.75, 3.05) is 11.3 Å². The van der Waals surface area contributed by atoms with Gasteiger partial charge in [0.05, 0.1) is 11.5 Å². The fourth-order valence-electron chi connectivity index (χ4n) is 2.83. The second-order valence-electron chi connectivity index (χ2n) is 6.30. The van der Waals surface area contributed by atoms with Crippen LogP contribution in [0, 0.1) is 6.07 Å². The van der Waals surface area contributed by atoms with Gasteiger partial charge >= 0.3 is 0 Å². The van der Waals surface area contributed by atoms with E-state index in [1.54, 1.807) is 42.5 Å². The molecule has 4 nitrogen and oxygen atoms in total. The van der Waals surface area contributed by atoms with Crippen molar-refractivity contribution < 1.29 is 13.2 Å². The summed E-state index contributed by atoms with van der Waals surface area (Å²) >= 11 is 0. The van der Waals surface area contributed by atoms with Crippen LogP contribution in [0.2, 0.25) is 0 Å². The molecule has 28 heavy (non-hydrogen) atoms. The highest BCUT2D eigenvalue weighted by Crippen LogP contribution is 2.25. The molecule has 5 heteroatoms. The number of rotatable bonds is 9. The Morgan fingerprint density at radius 3 is 2.54 bits per heavy atom. The Morgan fingerprint density at radius 2 is 1.82 bits per heavy atom. The van der Waals surface area contributed by atoms with Gasteiger partial charge in [-0.05, 0) is 42.3 Å². The maximum atomic E-state index is 12.6. The van der Waals surface area contributed by atoms with Crippen molar-refractivity contribution in [3.8, 4) is 5.75 Å². The Hall–Kier alpha value is -3.05. The largest absolute Gasteiger partial charge is 0.492 e. The molecular formula is C23H22NO3S. The first kappa shape index (κ1) is 19.7. The van der Waals surface area contributed by atoms with Crippen LogP contribution in [0.1, 0.15) is 17.9 Å². The minimum atomic E-state index is -3.63. The average Bonchev–Trinajstić information content (AvgIpc) is 2.72. The Labute approximate surface area is 166 Å². The molecule has 3 aromatic rings. The maximum Gasteiger partial charge on any atom is 0.261 e. The molecule has 0 saturated heterocycles. The first-order chi connectivity index (χ1) is 13.6. The lowest BCUT2D eigenvalue weighted by atomic mass is 9.96. The van der Waals surface area contributed by atoms with Gasteiger partial charge in [-0.3, -0.25) is 4.72 Å². The highest BCUT2D eigenvalue weighted by Gasteiger charge is 2.16. The number of hydrogen-bond donors (Lipinski definition) is 1. The third-order valence-electron chi connectivity index (χ3n) is 4.24. The van der Waals surface area contributed by atoms with Crippen molar-refractivity contribution in [1.29, 1.82) is 0 Å². The molecule has 0 aliphatic carbocycles. The van der Waals surface area contributed by atoms with Crippen LogP contribution < -0.4 is 9.46 Å². The number of para-hydroxylation sites is 1. The molecule has 0 aromatic heterocycles. The van der Waals surface area contributed by atoms with E-state index >= 15 is 0 Å². The van der Waals surface area contributed by atoms with E-state index in [1.165, 1.54) is 0 Å². The van der Waals surface area contributed by atoms with Crippen LogP contribution in [-0.2, 0) is 10.0 Å². The fraction of sp³-hybridized carbons (Fsp3) is 0.130. The first-order valence-electron chi connectivity index (χ1n) is 8.97. The molecule has 0 aliphatic rings. The molecular weight excluding hydrogens is 370 g/mol. The first-order valence-corrected chi connectivity index (χ1v) is 10.4. The van der Waals surface area contributed by atoms with Gasteiger partial charge in [-0.1, -0.05) is 54.6 Å². The maximum absolute atomic E-state index is 12.6. The third kappa shape index (κ3) is 5.24. The van der Waals surface area contributed by atoms with Crippen molar-refractivity contribution in [3.63, 3.8) is 0 Å². The third-order valence-corrected chi connectivity index (χ3v) is 5.63. The van der Waals surface area contributed by atoms with Gasteiger partial charge < -0.3 is 4.74 Å². The summed E-state index contributed by atoms with van der Waals surface area (Å²) in [6.07, 6.45) is 2.55. The summed E-state index contributed by atoms with van der Waals surface area (Å²) in [5.74, 6) is 0.727. The topological polar surface area (TPSA) is 55.4 Å². The van der Waals surface area contributed by atoms with E-state index in [2.05, 4.69) is 17.4 Å². The molecule has 3 aromatic carbocycles. The lowest BCUT2D eigenvalue weighted by molar-refractivity contribution is 0.288. The average molecular weight is 393 g/mol. The van der Waals surface area contributed by atoms with E-state index in [-0.39, 0.29) is 10.8 Å². The number of sulfonamides is 1. The number of ether oxygens (including phenoxy) is 1. The Kier molecular flexibility index (Phi) is 6.50. The minimum absolute atomic E-state index is 0.0484. The van der Waals surface area contributed by atoms with E-state index in [1.807, 2.05) is 42.5 Å². The second-order valence-corrected chi connectivity index (χ2v) is 7.99. The number of nitrogens with one attached hydrogen (secondary N) is 1. The molecule has 0 saturated carbocycles. The van der Waals surface area contributed by atoms with Gasteiger partial charge in [0.1, 0.15) is 5.75 Å². The van der Waals surface area contributed by atoms with Crippen LogP contribution in [-0.4, -0.2) is 15.0 Å². The van der Waals surface area contributed by atoms with Crippen molar-refractivity contribution in [2.45, 2.75) is 17.2 Å². The van der Waals surface area contributed by atoms with Crippen LogP contribution in [0.4, 0.5) is 5.69 Å².